The summed E-state index contributed by atoms with van der Waals surface area (Å²) >= 11 is 12.3. The van der Waals surface area contributed by atoms with Gasteiger partial charge in [0.2, 0.25) is 0 Å². The van der Waals surface area contributed by atoms with Gasteiger partial charge in [-0.05, 0) is 35.6 Å². The largest absolute Gasteiger partial charge is 0.0840 e. The molecule has 72 valence electrons. The first-order chi connectivity index (χ1) is 5.82. The average Bonchev–Trinajstić information content (AvgIpc) is 1.78. The van der Waals surface area contributed by atoms with E-state index in [2.05, 4.69) is 20.8 Å². The summed E-state index contributed by atoms with van der Waals surface area (Å²) in [5.41, 5.74) is 2.13. The van der Waals surface area contributed by atoms with E-state index in [0.29, 0.717) is 0 Å². The Morgan fingerprint density at radius 3 is 1.69 bits per heavy atom. The highest BCUT2D eigenvalue weighted by Gasteiger charge is 2.20. The highest BCUT2D eigenvalue weighted by atomic mass is 35.5. The summed E-state index contributed by atoms with van der Waals surface area (Å²) < 4.78 is 0. The van der Waals surface area contributed by atoms with Crippen molar-refractivity contribution in [2.45, 2.75) is 33.1 Å². The number of rotatable bonds is 0. The third-order valence-electron chi connectivity index (χ3n) is 1.94. The van der Waals surface area contributed by atoms with Gasteiger partial charge in [-0.2, -0.15) is 0 Å². The van der Waals surface area contributed by atoms with Crippen molar-refractivity contribution in [1.29, 1.82) is 0 Å². The first-order valence-electron chi connectivity index (χ1n) is 4.28. The first kappa shape index (κ1) is 10.9. The van der Waals surface area contributed by atoms with Gasteiger partial charge in [0.05, 0.1) is 0 Å². The van der Waals surface area contributed by atoms with Crippen LogP contribution in [-0.4, -0.2) is 0 Å². The van der Waals surface area contributed by atoms with E-state index in [-0.39, 0.29) is 5.41 Å². The highest BCUT2D eigenvalue weighted by molar-refractivity contribution is 6.36. The summed E-state index contributed by atoms with van der Waals surface area (Å²) in [7, 11) is 0. The molecule has 2 heteroatoms. The fraction of sp³-hybridized carbons (Fsp3) is 0.455. The van der Waals surface area contributed by atoms with E-state index in [1.807, 2.05) is 19.1 Å². The maximum atomic E-state index is 6.13. The van der Waals surface area contributed by atoms with Crippen LogP contribution in [0.3, 0.4) is 0 Å². The van der Waals surface area contributed by atoms with Crippen LogP contribution in [0.5, 0.6) is 0 Å². The van der Waals surface area contributed by atoms with Crippen molar-refractivity contribution in [1.82, 2.24) is 0 Å². The molecule has 0 saturated carbocycles. The maximum Gasteiger partial charge on any atom is 0.0460 e. The zero-order chi connectivity index (χ0) is 10.2. The number of halogens is 2. The Kier molecular flexibility index (Phi) is 2.94. The van der Waals surface area contributed by atoms with Gasteiger partial charge in [0, 0.05) is 10.0 Å². The zero-order valence-corrected chi connectivity index (χ0v) is 9.92. The van der Waals surface area contributed by atoms with E-state index in [0.717, 1.165) is 21.2 Å². The number of hydrogen-bond donors (Lipinski definition) is 0. The lowest BCUT2D eigenvalue weighted by Crippen LogP contribution is -2.12. The van der Waals surface area contributed by atoms with Gasteiger partial charge in [0.15, 0.2) is 0 Å². The summed E-state index contributed by atoms with van der Waals surface area (Å²) in [6, 6.07) is 3.90. The second kappa shape index (κ2) is 3.51. The monoisotopic (exact) mass is 216 g/mol. The lowest BCUT2D eigenvalue weighted by Gasteiger charge is -2.22. The molecule has 0 N–H and O–H groups in total. The molecule has 0 saturated heterocycles. The van der Waals surface area contributed by atoms with Gasteiger partial charge in [-0.15, -0.1) is 0 Å². The zero-order valence-electron chi connectivity index (χ0n) is 8.41. The quantitative estimate of drug-likeness (QED) is 0.595. The summed E-state index contributed by atoms with van der Waals surface area (Å²) in [5.74, 6) is 0. The summed E-state index contributed by atoms with van der Waals surface area (Å²) in [4.78, 5) is 0. The lowest BCUT2D eigenvalue weighted by atomic mass is 9.86. The minimum absolute atomic E-state index is 0.00185. The second-order valence-corrected chi connectivity index (χ2v) is 5.17. The van der Waals surface area contributed by atoms with Crippen molar-refractivity contribution in [3.63, 3.8) is 0 Å². The molecule has 1 aromatic carbocycles. The first-order valence-corrected chi connectivity index (χ1v) is 5.04. The van der Waals surface area contributed by atoms with E-state index in [1.54, 1.807) is 0 Å². The summed E-state index contributed by atoms with van der Waals surface area (Å²) in [5, 5.41) is 1.52. The number of hydrogen-bond acceptors (Lipinski definition) is 0. The molecule has 0 aliphatic carbocycles. The molecule has 0 nitrogen and oxygen atoms in total. The van der Waals surface area contributed by atoms with Crippen LogP contribution in [-0.2, 0) is 5.41 Å². The molecule has 1 aromatic rings. The van der Waals surface area contributed by atoms with Crippen molar-refractivity contribution in [3.8, 4) is 0 Å². The van der Waals surface area contributed by atoms with E-state index in [4.69, 9.17) is 23.2 Å². The Balaban J connectivity index is 3.38. The normalized spacial score (nSPS) is 11.8. The Morgan fingerprint density at radius 2 is 1.38 bits per heavy atom. The molecule has 0 radical (unpaired) electrons. The van der Waals surface area contributed by atoms with Gasteiger partial charge in [0.25, 0.3) is 0 Å². The van der Waals surface area contributed by atoms with Gasteiger partial charge in [-0.1, -0.05) is 44.0 Å². The van der Waals surface area contributed by atoms with Crippen LogP contribution in [0, 0.1) is 6.92 Å². The van der Waals surface area contributed by atoms with Crippen molar-refractivity contribution < 1.29 is 0 Å². The van der Waals surface area contributed by atoms with Gasteiger partial charge in [-0.3, -0.25) is 0 Å². The standard InChI is InChI=1S/C11H14Cl2/c1-7-5-8(12)10(9(13)6-7)11(2,3)4/h5-6H,1-4H3. The van der Waals surface area contributed by atoms with Crippen LogP contribution in [0.25, 0.3) is 0 Å². The Bertz CT molecular complexity index is 298. The lowest BCUT2D eigenvalue weighted by molar-refractivity contribution is 0.590. The molecule has 1 rings (SSSR count). The molecule has 0 amide bonds. The van der Waals surface area contributed by atoms with Crippen LogP contribution in [0.1, 0.15) is 31.9 Å². The topological polar surface area (TPSA) is 0 Å². The molecular formula is C11H14Cl2. The molecule has 0 atom stereocenters. The predicted molar refractivity (Wildman–Crippen MR) is 59.9 cm³/mol. The van der Waals surface area contributed by atoms with Gasteiger partial charge < -0.3 is 0 Å². The smallest absolute Gasteiger partial charge is 0.0460 e. The predicted octanol–water partition coefficient (Wildman–Crippen LogP) is 4.60. The minimum Gasteiger partial charge on any atom is -0.0840 e. The van der Waals surface area contributed by atoms with Gasteiger partial charge >= 0.3 is 0 Å². The molecule has 0 spiro atoms. The Labute approximate surface area is 89.9 Å². The maximum absolute atomic E-state index is 6.13. The average molecular weight is 217 g/mol. The number of aryl methyl sites for hydroxylation is 1. The van der Waals surface area contributed by atoms with Crippen LogP contribution in [0.2, 0.25) is 10.0 Å². The molecule has 13 heavy (non-hydrogen) atoms. The van der Waals surface area contributed by atoms with E-state index in [1.165, 1.54) is 0 Å². The van der Waals surface area contributed by atoms with Crippen LogP contribution < -0.4 is 0 Å². The van der Waals surface area contributed by atoms with Crippen molar-refractivity contribution >= 4 is 23.2 Å². The molecular weight excluding hydrogens is 203 g/mol. The van der Waals surface area contributed by atoms with Gasteiger partial charge in [0.1, 0.15) is 0 Å². The van der Waals surface area contributed by atoms with Gasteiger partial charge in [-0.25, -0.2) is 0 Å². The van der Waals surface area contributed by atoms with Crippen molar-refractivity contribution in [2.24, 2.45) is 0 Å². The van der Waals surface area contributed by atoms with Crippen molar-refractivity contribution in [2.75, 3.05) is 0 Å². The Morgan fingerprint density at radius 1 is 1.00 bits per heavy atom. The molecule has 0 aliphatic rings. The SMILES string of the molecule is Cc1cc(Cl)c(C(C)(C)C)c(Cl)c1. The molecule has 0 bridgehead atoms. The van der Waals surface area contributed by atoms with Crippen molar-refractivity contribution in [3.05, 3.63) is 33.3 Å². The minimum atomic E-state index is 0.00185. The third kappa shape index (κ3) is 2.38. The van der Waals surface area contributed by atoms with Crippen LogP contribution in [0.15, 0.2) is 12.1 Å². The van der Waals surface area contributed by atoms with E-state index >= 15 is 0 Å². The molecule has 0 heterocycles. The molecule has 0 unspecified atom stereocenters. The molecule has 0 fully saturated rings. The fourth-order valence-electron chi connectivity index (χ4n) is 1.42. The van der Waals surface area contributed by atoms with Crippen LogP contribution in [0.4, 0.5) is 0 Å². The molecule has 0 aliphatic heterocycles. The second-order valence-electron chi connectivity index (χ2n) is 4.35. The highest BCUT2D eigenvalue weighted by Crippen LogP contribution is 2.36. The van der Waals surface area contributed by atoms with E-state index < -0.39 is 0 Å². The molecule has 0 aromatic heterocycles. The van der Waals surface area contributed by atoms with E-state index in [9.17, 15) is 0 Å². The Hall–Kier alpha value is -0.200. The summed E-state index contributed by atoms with van der Waals surface area (Å²) in [6.07, 6.45) is 0. The summed E-state index contributed by atoms with van der Waals surface area (Å²) in [6.45, 7) is 8.31. The van der Waals surface area contributed by atoms with Crippen LogP contribution >= 0.6 is 23.2 Å². The third-order valence-corrected chi connectivity index (χ3v) is 2.53. The fourth-order valence-corrected chi connectivity index (χ4v) is 2.58. The number of benzene rings is 1.